The minimum absolute atomic E-state index is 0.136. The second-order valence-electron chi connectivity index (χ2n) is 6.12. The van der Waals surface area contributed by atoms with Gasteiger partial charge in [-0.1, -0.05) is 19.9 Å². The van der Waals surface area contributed by atoms with Crippen molar-refractivity contribution < 1.29 is 18.0 Å². The van der Waals surface area contributed by atoms with E-state index in [9.17, 15) is 18.0 Å². The van der Waals surface area contributed by atoms with Crippen LogP contribution in [-0.2, 0) is 6.18 Å². The SMILES string of the molecule is CC1(C)CCN(C(=O)c2c(Br)cccc2C(F)(F)F)CC1. The lowest BCUT2D eigenvalue weighted by Crippen LogP contribution is -2.41. The number of nitrogens with zero attached hydrogens (tertiary/aromatic N) is 1. The number of amides is 1. The van der Waals surface area contributed by atoms with Gasteiger partial charge in [0.15, 0.2) is 0 Å². The fourth-order valence-electron chi connectivity index (χ4n) is 2.45. The number of likely N-dealkylation sites (tertiary alicyclic amines) is 1. The van der Waals surface area contributed by atoms with E-state index in [-0.39, 0.29) is 15.5 Å². The van der Waals surface area contributed by atoms with Gasteiger partial charge in [0.1, 0.15) is 0 Å². The van der Waals surface area contributed by atoms with Crippen LogP contribution in [-0.4, -0.2) is 23.9 Å². The summed E-state index contributed by atoms with van der Waals surface area (Å²) in [6, 6.07) is 3.71. The van der Waals surface area contributed by atoms with E-state index < -0.39 is 17.6 Å². The highest BCUT2D eigenvalue weighted by molar-refractivity contribution is 9.10. The molecular formula is C15H17BrF3NO. The minimum Gasteiger partial charge on any atom is -0.339 e. The average molecular weight is 364 g/mol. The quantitative estimate of drug-likeness (QED) is 0.706. The lowest BCUT2D eigenvalue weighted by atomic mass is 9.82. The Morgan fingerprint density at radius 3 is 2.33 bits per heavy atom. The summed E-state index contributed by atoms with van der Waals surface area (Å²) in [5, 5.41) is 0. The molecule has 0 N–H and O–H groups in total. The van der Waals surface area contributed by atoms with Crippen LogP contribution in [0, 0.1) is 5.41 Å². The number of halogens is 4. The molecular weight excluding hydrogens is 347 g/mol. The highest BCUT2D eigenvalue weighted by atomic mass is 79.9. The van der Waals surface area contributed by atoms with Crippen LogP contribution in [0.25, 0.3) is 0 Å². The Labute approximate surface area is 130 Å². The van der Waals surface area contributed by atoms with Crippen molar-refractivity contribution in [3.05, 3.63) is 33.8 Å². The van der Waals surface area contributed by atoms with E-state index in [2.05, 4.69) is 29.8 Å². The molecule has 0 unspecified atom stereocenters. The van der Waals surface area contributed by atoms with Gasteiger partial charge in [-0.25, -0.2) is 0 Å². The number of carbonyl (C=O) groups is 1. The summed E-state index contributed by atoms with van der Waals surface area (Å²) >= 11 is 3.08. The maximum Gasteiger partial charge on any atom is 0.417 e. The lowest BCUT2D eigenvalue weighted by molar-refractivity contribution is -0.138. The van der Waals surface area contributed by atoms with Gasteiger partial charge in [0, 0.05) is 17.6 Å². The summed E-state index contributed by atoms with van der Waals surface area (Å²) in [4.78, 5) is 14.0. The molecule has 2 rings (SSSR count). The van der Waals surface area contributed by atoms with E-state index in [1.807, 2.05) is 0 Å². The van der Waals surface area contributed by atoms with Gasteiger partial charge in [-0.3, -0.25) is 4.79 Å². The highest BCUT2D eigenvalue weighted by Gasteiger charge is 2.38. The molecule has 1 aliphatic heterocycles. The Kier molecular flexibility index (Phi) is 4.38. The van der Waals surface area contributed by atoms with Crippen molar-refractivity contribution in [2.45, 2.75) is 32.9 Å². The van der Waals surface area contributed by atoms with Gasteiger partial charge < -0.3 is 4.90 Å². The van der Waals surface area contributed by atoms with Gasteiger partial charge in [-0.2, -0.15) is 13.2 Å². The Balaban J connectivity index is 2.32. The maximum atomic E-state index is 13.1. The van der Waals surface area contributed by atoms with Crippen molar-refractivity contribution in [3.63, 3.8) is 0 Å². The Morgan fingerprint density at radius 1 is 1.24 bits per heavy atom. The fourth-order valence-corrected chi connectivity index (χ4v) is 2.99. The van der Waals surface area contributed by atoms with Gasteiger partial charge in [0.2, 0.25) is 0 Å². The molecule has 1 amide bonds. The van der Waals surface area contributed by atoms with Crippen LogP contribution in [0.4, 0.5) is 13.2 Å². The molecule has 1 aromatic rings. The lowest BCUT2D eigenvalue weighted by Gasteiger charge is -2.37. The zero-order valence-electron chi connectivity index (χ0n) is 11.9. The molecule has 1 saturated heterocycles. The number of hydrogen-bond acceptors (Lipinski definition) is 1. The summed E-state index contributed by atoms with van der Waals surface area (Å²) in [5.41, 5.74) is -1.03. The largest absolute Gasteiger partial charge is 0.417 e. The van der Waals surface area contributed by atoms with Gasteiger partial charge in [-0.05, 0) is 46.3 Å². The normalized spacial score (nSPS) is 18.7. The van der Waals surface area contributed by atoms with Gasteiger partial charge in [-0.15, -0.1) is 0 Å². The number of hydrogen-bond donors (Lipinski definition) is 0. The minimum atomic E-state index is -4.54. The van der Waals surface area contributed by atoms with Crippen molar-refractivity contribution in [1.29, 1.82) is 0 Å². The zero-order valence-corrected chi connectivity index (χ0v) is 13.5. The van der Waals surface area contributed by atoms with Crippen LogP contribution in [0.3, 0.4) is 0 Å². The maximum absolute atomic E-state index is 13.1. The molecule has 21 heavy (non-hydrogen) atoms. The third-order valence-electron chi connectivity index (χ3n) is 3.94. The summed E-state index contributed by atoms with van der Waals surface area (Å²) in [5.74, 6) is -0.551. The molecule has 1 fully saturated rings. The molecule has 1 aromatic carbocycles. The van der Waals surface area contributed by atoms with Crippen LogP contribution in [0.15, 0.2) is 22.7 Å². The van der Waals surface area contributed by atoms with Gasteiger partial charge in [0.05, 0.1) is 11.1 Å². The standard InChI is InChI=1S/C15H17BrF3NO/c1-14(2)6-8-20(9-7-14)13(21)12-10(15(17,18)19)4-3-5-11(12)16/h3-5H,6-9H2,1-2H3. The van der Waals surface area contributed by atoms with E-state index in [4.69, 9.17) is 0 Å². The first-order chi connectivity index (χ1) is 9.62. The molecule has 0 aliphatic carbocycles. The summed E-state index contributed by atoms with van der Waals surface area (Å²) < 4.78 is 39.4. The van der Waals surface area contributed by atoms with Crippen molar-refractivity contribution in [1.82, 2.24) is 4.90 Å². The van der Waals surface area contributed by atoms with Crippen LogP contribution < -0.4 is 0 Å². The van der Waals surface area contributed by atoms with Crippen LogP contribution in [0.1, 0.15) is 42.6 Å². The van der Waals surface area contributed by atoms with Gasteiger partial charge in [0.25, 0.3) is 5.91 Å². The predicted molar refractivity (Wildman–Crippen MR) is 78.1 cm³/mol. The molecule has 6 heteroatoms. The zero-order chi connectivity index (χ0) is 15.8. The first kappa shape index (κ1) is 16.3. The second kappa shape index (κ2) is 5.63. The number of piperidine rings is 1. The Bertz CT molecular complexity index is 544. The molecule has 0 radical (unpaired) electrons. The molecule has 1 heterocycles. The first-order valence-corrected chi connectivity index (χ1v) is 7.56. The predicted octanol–water partition coefficient (Wildman–Crippen LogP) is 4.73. The number of benzene rings is 1. The monoisotopic (exact) mass is 363 g/mol. The summed E-state index contributed by atoms with van der Waals surface area (Å²) in [6.45, 7) is 5.19. The van der Waals surface area contributed by atoms with E-state index in [0.29, 0.717) is 13.1 Å². The third kappa shape index (κ3) is 3.59. The molecule has 2 nitrogen and oxygen atoms in total. The third-order valence-corrected chi connectivity index (χ3v) is 4.60. The van der Waals surface area contributed by atoms with Gasteiger partial charge >= 0.3 is 6.18 Å². The van der Waals surface area contributed by atoms with Crippen LogP contribution in [0.5, 0.6) is 0 Å². The molecule has 0 atom stereocenters. The van der Waals surface area contributed by atoms with Crippen molar-refractivity contribution in [2.24, 2.45) is 5.41 Å². The van der Waals surface area contributed by atoms with Crippen LogP contribution in [0.2, 0.25) is 0 Å². The van der Waals surface area contributed by atoms with E-state index in [1.165, 1.54) is 17.0 Å². The highest BCUT2D eigenvalue weighted by Crippen LogP contribution is 2.37. The fraction of sp³-hybridized carbons (Fsp3) is 0.533. The smallest absolute Gasteiger partial charge is 0.339 e. The molecule has 0 spiro atoms. The molecule has 116 valence electrons. The Hall–Kier alpha value is -1.04. The van der Waals surface area contributed by atoms with E-state index in [0.717, 1.165) is 18.9 Å². The summed E-state index contributed by atoms with van der Waals surface area (Å²) in [6.07, 6.45) is -2.95. The number of alkyl halides is 3. The molecule has 0 aromatic heterocycles. The molecule has 0 bridgehead atoms. The van der Waals surface area contributed by atoms with E-state index in [1.54, 1.807) is 0 Å². The second-order valence-corrected chi connectivity index (χ2v) is 6.97. The Morgan fingerprint density at radius 2 is 1.81 bits per heavy atom. The van der Waals surface area contributed by atoms with Crippen LogP contribution >= 0.6 is 15.9 Å². The summed E-state index contributed by atoms with van der Waals surface area (Å²) in [7, 11) is 0. The number of rotatable bonds is 1. The number of carbonyl (C=O) groups excluding carboxylic acids is 1. The molecule has 0 saturated carbocycles. The van der Waals surface area contributed by atoms with Crippen molar-refractivity contribution in [2.75, 3.05) is 13.1 Å². The first-order valence-electron chi connectivity index (χ1n) is 6.77. The topological polar surface area (TPSA) is 20.3 Å². The molecule has 1 aliphatic rings. The van der Waals surface area contributed by atoms with E-state index >= 15 is 0 Å². The average Bonchev–Trinajstić information content (AvgIpc) is 2.36. The van der Waals surface area contributed by atoms with Crippen molar-refractivity contribution in [3.8, 4) is 0 Å². The van der Waals surface area contributed by atoms with Crippen molar-refractivity contribution >= 4 is 21.8 Å².